The van der Waals surface area contributed by atoms with Crippen molar-refractivity contribution < 1.29 is 14.6 Å². The van der Waals surface area contributed by atoms with Gasteiger partial charge in [0, 0.05) is 22.2 Å². The number of ether oxygens (including phenoxy) is 1. The second-order valence-corrected chi connectivity index (χ2v) is 6.75. The Balaban J connectivity index is 1.92. The van der Waals surface area contributed by atoms with Crippen molar-refractivity contribution >= 4 is 34.0 Å². The number of nitrogen functional groups attached to an aromatic ring is 1. The van der Waals surface area contributed by atoms with Crippen LogP contribution < -0.4 is 5.73 Å². The third-order valence-corrected chi connectivity index (χ3v) is 4.69. The summed E-state index contributed by atoms with van der Waals surface area (Å²) in [4.78, 5) is 19.9. The summed E-state index contributed by atoms with van der Waals surface area (Å²) < 4.78 is 5.09. The molecule has 0 saturated heterocycles. The van der Waals surface area contributed by atoms with Crippen LogP contribution in [0, 0.1) is 0 Å². The number of esters is 1. The fraction of sp³-hybridized carbons (Fsp3) is 0.0833. The number of carbonyl (C=O) groups is 1. The number of benzene rings is 3. The van der Waals surface area contributed by atoms with Crippen LogP contribution in [-0.4, -0.2) is 28.4 Å². The normalized spacial score (nSPS) is 11.6. The van der Waals surface area contributed by atoms with Gasteiger partial charge in [-0.05, 0) is 43.3 Å². The molecule has 0 radical (unpaired) electrons. The number of aromatic amines is 1. The number of carbonyl (C=O) groups excluding carboxylic acids is 1. The number of anilines is 1. The van der Waals surface area contributed by atoms with Crippen molar-refractivity contribution in [3.63, 3.8) is 0 Å². The van der Waals surface area contributed by atoms with Crippen molar-refractivity contribution in [1.82, 2.24) is 4.98 Å². The molecule has 0 fully saturated rings. The van der Waals surface area contributed by atoms with Crippen LogP contribution in [0.25, 0.3) is 10.9 Å². The first kappa shape index (κ1) is 19.3. The Morgan fingerprint density at radius 2 is 1.80 bits per heavy atom. The molecule has 1 heterocycles. The van der Waals surface area contributed by atoms with E-state index in [0.717, 1.165) is 16.5 Å². The minimum Gasteiger partial charge on any atom is -0.494 e. The van der Waals surface area contributed by atoms with E-state index in [1.807, 2.05) is 36.4 Å². The highest BCUT2D eigenvalue weighted by molar-refractivity contribution is 6.22. The number of hydrogen-bond acceptors (Lipinski definition) is 5. The van der Waals surface area contributed by atoms with Gasteiger partial charge in [-0.1, -0.05) is 36.4 Å². The maximum absolute atomic E-state index is 12.1. The van der Waals surface area contributed by atoms with Crippen LogP contribution in [0.4, 0.5) is 11.4 Å². The van der Waals surface area contributed by atoms with Crippen LogP contribution in [0.3, 0.4) is 0 Å². The minimum atomic E-state index is -0.404. The number of fused-ring (bicyclic) bond motifs is 1. The van der Waals surface area contributed by atoms with Gasteiger partial charge >= 0.3 is 5.97 Å². The van der Waals surface area contributed by atoms with Crippen LogP contribution in [0.15, 0.2) is 77.8 Å². The smallest absolute Gasteiger partial charge is 0.338 e. The molecule has 4 rings (SSSR count). The number of hydrogen-bond donors (Lipinski definition) is 3. The van der Waals surface area contributed by atoms with Gasteiger partial charge in [0.25, 0.3) is 0 Å². The fourth-order valence-corrected chi connectivity index (χ4v) is 3.34. The molecule has 0 amide bonds. The average molecular weight is 399 g/mol. The number of nitrogens with zero attached hydrogens (tertiary/aromatic N) is 1. The number of nitrogens with one attached hydrogen (secondary N) is 1. The van der Waals surface area contributed by atoms with E-state index in [0.29, 0.717) is 34.8 Å². The summed E-state index contributed by atoms with van der Waals surface area (Å²) in [6.45, 7) is 2.06. The largest absolute Gasteiger partial charge is 0.494 e. The number of H-pyrrole nitrogens is 1. The summed E-state index contributed by atoms with van der Waals surface area (Å²) in [5.74, 6) is -0.404. The molecule has 150 valence electrons. The molecule has 0 aliphatic heterocycles. The number of rotatable bonds is 5. The Labute approximate surface area is 173 Å². The Kier molecular flexibility index (Phi) is 5.22. The third-order valence-electron chi connectivity index (χ3n) is 4.69. The summed E-state index contributed by atoms with van der Waals surface area (Å²) in [5.41, 5.74) is 10.2. The third kappa shape index (κ3) is 3.75. The summed E-state index contributed by atoms with van der Waals surface area (Å²) in [6, 6.07) is 21.8. The van der Waals surface area contributed by atoms with E-state index in [4.69, 9.17) is 15.5 Å². The number of aromatic nitrogens is 1. The van der Waals surface area contributed by atoms with E-state index < -0.39 is 5.97 Å². The molecule has 6 heteroatoms. The fourth-order valence-electron chi connectivity index (χ4n) is 3.34. The van der Waals surface area contributed by atoms with Crippen molar-refractivity contribution in [2.45, 2.75) is 6.92 Å². The van der Waals surface area contributed by atoms with Gasteiger partial charge in [0.1, 0.15) is 0 Å². The van der Waals surface area contributed by atoms with Crippen molar-refractivity contribution in [3.8, 4) is 5.88 Å². The van der Waals surface area contributed by atoms with E-state index in [2.05, 4.69) is 4.98 Å². The highest BCUT2D eigenvalue weighted by Gasteiger charge is 2.19. The molecular weight excluding hydrogens is 378 g/mol. The molecule has 30 heavy (non-hydrogen) atoms. The Morgan fingerprint density at radius 3 is 2.57 bits per heavy atom. The van der Waals surface area contributed by atoms with Gasteiger partial charge < -0.3 is 20.6 Å². The Hall–Kier alpha value is -4.06. The van der Waals surface area contributed by atoms with Crippen LogP contribution in [-0.2, 0) is 4.74 Å². The van der Waals surface area contributed by atoms with Crippen LogP contribution in [0.1, 0.15) is 28.4 Å². The zero-order chi connectivity index (χ0) is 21.1. The molecule has 4 aromatic rings. The van der Waals surface area contributed by atoms with Crippen LogP contribution >= 0.6 is 0 Å². The lowest BCUT2D eigenvalue weighted by Crippen LogP contribution is -2.05. The monoisotopic (exact) mass is 399 g/mol. The summed E-state index contributed by atoms with van der Waals surface area (Å²) in [7, 11) is 0. The second kappa shape index (κ2) is 8.13. The lowest BCUT2D eigenvalue weighted by Gasteiger charge is -2.09. The SMILES string of the molecule is CCOC(=O)c1cccc(N=C(c2ccccc2)c2c(O)[nH]c3ccc(N)cc23)c1. The molecule has 0 spiro atoms. The highest BCUT2D eigenvalue weighted by Crippen LogP contribution is 2.32. The first-order valence-corrected chi connectivity index (χ1v) is 9.58. The first-order chi connectivity index (χ1) is 14.6. The van der Waals surface area contributed by atoms with E-state index in [1.54, 1.807) is 43.3 Å². The van der Waals surface area contributed by atoms with Crippen LogP contribution in [0.2, 0.25) is 0 Å². The van der Waals surface area contributed by atoms with Gasteiger partial charge in [0.05, 0.1) is 29.1 Å². The minimum absolute atomic E-state index is 0.000231. The molecule has 1 aromatic heterocycles. The zero-order valence-corrected chi connectivity index (χ0v) is 16.4. The quantitative estimate of drug-likeness (QED) is 0.255. The van der Waals surface area contributed by atoms with E-state index >= 15 is 0 Å². The average Bonchev–Trinajstić information content (AvgIpc) is 3.08. The van der Waals surface area contributed by atoms with E-state index in [9.17, 15) is 9.90 Å². The number of aliphatic imine (C=N–C) groups is 1. The lowest BCUT2D eigenvalue weighted by molar-refractivity contribution is 0.0526. The van der Waals surface area contributed by atoms with Gasteiger partial charge in [0.15, 0.2) is 5.88 Å². The lowest BCUT2D eigenvalue weighted by atomic mass is 10.0. The topological polar surface area (TPSA) is 101 Å². The molecule has 6 nitrogen and oxygen atoms in total. The maximum Gasteiger partial charge on any atom is 0.338 e. The molecular formula is C24H21N3O3. The number of nitrogens with two attached hydrogens (primary N) is 1. The summed E-state index contributed by atoms with van der Waals surface area (Å²) >= 11 is 0. The second-order valence-electron chi connectivity index (χ2n) is 6.75. The van der Waals surface area contributed by atoms with E-state index in [-0.39, 0.29) is 5.88 Å². The van der Waals surface area contributed by atoms with Crippen molar-refractivity contribution in [3.05, 3.63) is 89.5 Å². The molecule has 0 atom stereocenters. The molecule has 0 unspecified atom stereocenters. The van der Waals surface area contributed by atoms with Gasteiger partial charge in [0.2, 0.25) is 0 Å². The van der Waals surface area contributed by atoms with Crippen molar-refractivity contribution in [2.75, 3.05) is 12.3 Å². The van der Waals surface area contributed by atoms with E-state index in [1.165, 1.54) is 0 Å². The molecule has 0 aliphatic carbocycles. The number of aromatic hydroxyl groups is 1. The zero-order valence-electron chi connectivity index (χ0n) is 16.4. The molecule has 3 aromatic carbocycles. The van der Waals surface area contributed by atoms with Crippen molar-refractivity contribution in [1.29, 1.82) is 0 Å². The predicted octanol–water partition coefficient (Wildman–Crippen LogP) is 4.80. The maximum atomic E-state index is 12.1. The Morgan fingerprint density at radius 1 is 1.03 bits per heavy atom. The molecule has 0 bridgehead atoms. The Bertz CT molecular complexity index is 1240. The van der Waals surface area contributed by atoms with Gasteiger partial charge in [-0.2, -0.15) is 0 Å². The highest BCUT2D eigenvalue weighted by atomic mass is 16.5. The summed E-state index contributed by atoms with van der Waals surface area (Å²) in [6.07, 6.45) is 0. The summed E-state index contributed by atoms with van der Waals surface area (Å²) in [5, 5.41) is 11.5. The van der Waals surface area contributed by atoms with Crippen molar-refractivity contribution in [2.24, 2.45) is 4.99 Å². The van der Waals surface area contributed by atoms with Gasteiger partial charge in [-0.3, -0.25) is 0 Å². The van der Waals surface area contributed by atoms with Crippen LogP contribution in [0.5, 0.6) is 5.88 Å². The van der Waals surface area contributed by atoms with Gasteiger partial charge in [-0.25, -0.2) is 9.79 Å². The first-order valence-electron chi connectivity index (χ1n) is 9.58. The predicted molar refractivity (Wildman–Crippen MR) is 119 cm³/mol. The standard InChI is InChI=1S/C24H21N3O3/c1-2-30-24(29)16-9-6-10-18(13-16)26-22(15-7-4-3-5-8-15)21-19-14-17(25)11-12-20(19)27-23(21)28/h3-14,27-28H,2,25H2,1H3. The molecule has 4 N–H and O–H groups in total. The molecule has 0 aliphatic rings. The molecule has 0 saturated carbocycles. The van der Waals surface area contributed by atoms with Gasteiger partial charge in [-0.15, -0.1) is 0 Å².